The molecule has 0 aromatic carbocycles. The fraction of sp³-hybridized carbons (Fsp3) is 0. The smallest absolute Gasteiger partial charge is 0.141 e. The van der Waals surface area contributed by atoms with E-state index >= 15 is 0 Å². The Morgan fingerprint density at radius 2 is 2.05 bits per heavy atom. The van der Waals surface area contributed by atoms with E-state index < -0.39 is 0 Å². The van der Waals surface area contributed by atoms with E-state index in [1.54, 1.807) is 29.3 Å². The average Bonchev–Trinajstić information content (AvgIpc) is 2.98. The van der Waals surface area contributed by atoms with Crippen molar-refractivity contribution in [3.8, 4) is 23.0 Å². The molecule has 3 aromatic rings. The van der Waals surface area contributed by atoms with Crippen molar-refractivity contribution in [3.05, 3.63) is 60.8 Å². The van der Waals surface area contributed by atoms with E-state index in [4.69, 9.17) is 5.26 Å². The van der Waals surface area contributed by atoms with E-state index in [0.717, 1.165) is 16.9 Å². The highest BCUT2D eigenvalue weighted by atomic mass is 15.3. The molecule has 0 amide bonds. The van der Waals surface area contributed by atoms with Crippen molar-refractivity contribution < 1.29 is 0 Å². The predicted molar refractivity (Wildman–Crippen MR) is 69.3 cm³/mol. The number of rotatable bonds is 2. The molecule has 3 aromatic heterocycles. The van der Waals surface area contributed by atoms with Crippen LogP contribution in [0.15, 0.2) is 55.1 Å². The first-order chi connectivity index (χ1) is 9.36. The summed E-state index contributed by atoms with van der Waals surface area (Å²) in [5.74, 6) is 0. The summed E-state index contributed by atoms with van der Waals surface area (Å²) in [5, 5.41) is 13.1. The number of hydrogen-bond acceptors (Lipinski definition) is 4. The van der Waals surface area contributed by atoms with E-state index in [1.165, 1.54) is 0 Å². The van der Waals surface area contributed by atoms with Crippen LogP contribution >= 0.6 is 0 Å². The number of aromatic nitrogens is 4. The number of nitrogens with zero attached hydrogens (tertiary/aromatic N) is 5. The lowest BCUT2D eigenvalue weighted by Crippen LogP contribution is -1.93. The highest BCUT2D eigenvalue weighted by Crippen LogP contribution is 2.17. The Labute approximate surface area is 109 Å². The molecule has 0 aliphatic rings. The second kappa shape index (κ2) is 4.70. The molecule has 0 bridgehead atoms. The van der Waals surface area contributed by atoms with Gasteiger partial charge in [-0.05, 0) is 24.3 Å². The molecule has 0 aliphatic heterocycles. The first-order valence-corrected chi connectivity index (χ1v) is 5.69. The maximum Gasteiger partial charge on any atom is 0.141 e. The highest BCUT2D eigenvalue weighted by Gasteiger charge is 2.05. The summed E-state index contributed by atoms with van der Waals surface area (Å²) in [4.78, 5) is 8.29. The van der Waals surface area contributed by atoms with Crippen LogP contribution in [-0.2, 0) is 0 Å². The molecule has 5 heteroatoms. The fourth-order valence-corrected chi connectivity index (χ4v) is 1.74. The Morgan fingerprint density at radius 1 is 1.11 bits per heavy atom. The zero-order chi connectivity index (χ0) is 13.1. The highest BCUT2D eigenvalue weighted by molar-refractivity contribution is 5.58. The Balaban J connectivity index is 2.00. The molecular weight excluding hydrogens is 238 g/mol. The Bertz CT molecular complexity index is 740. The van der Waals surface area contributed by atoms with Crippen molar-refractivity contribution in [1.29, 1.82) is 5.26 Å². The first kappa shape index (κ1) is 11.1. The summed E-state index contributed by atoms with van der Waals surface area (Å²) >= 11 is 0. The van der Waals surface area contributed by atoms with E-state index in [0.29, 0.717) is 5.69 Å². The van der Waals surface area contributed by atoms with Crippen LogP contribution in [0.1, 0.15) is 5.69 Å². The van der Waals surface area contributed by atoms with Crippen molar-refractivity contribution in [2.24, 2.45) is 0 Å². The first-order valence-electron chi connectivity index (χ1n) is 5.69. The van der Waals surface area contributed by atoms with Crippen molar-refractivity contribution in [3.63, 3.8) is 0 Å². The van der Waals surface area contributed by atoms with Crippen LogP contribution in [0, 0.1) is 11.3 Å². The van der Waals surface area contributed by atoms with Gasteiger partial charge in [0.1, 0.15) is 11.8 Å². The van der Waals surface area contributed by atoms with E-state index in [-0.39, 0.29) is 0 Å². The van der Waals surface area contributed by atoms with Crippen LogP contribution in [0.3, 0.4) is 0 Å². The third kappa shape index (κ3) is 2.19. The second-order valence-electron chi connectivity index (χ2n) is 3.90. The van der Waals surface area contributed by atoms with Gasteiger partial charge in [0.05, 0.1) is 23.8 Å². The monoisotopic (exact) mass is 247 g/mol. The third-order valence-electron chi connectivity index (χ3n) is 2.65. The maximum atomic E-state index is 8.85. The number of hydrogen-bond donors (Lipinski definition) is 0. The normalized spacial score (nSPS) is 10.1. The topological polar surface area (TPSA) is 67.4 Å². The molecule has 90 valence electrons. The van der Waals surface area contributed by atoms with E-state index in [1.807, 2.05) is 36.5 Å². The standard InChI is InChI=1S/C14H9N5/c15-7-12-3-1-5-14(18-12)11-8-17-19(10-11)13-4-2-6-16-9-13/h1-6,8-10H. The lowest BCUT2D eigenvalue weighted by atomic mass is 10.2. The summed E-state index contributed by atoms with van der Waals surface area (Å²) in [6.45, 7) is 0. The molecule has 0 radical (unpaired) electrons. The van der Waals surface area contributed by atoms with Gasteiger partial charge in [-0.15, -0.1) is 0 Å². The van der Waals surface area contributed by atoms with Crippen LogP contribution in [0.4, 0.5) is 0 Å². The van der Waals surface area contributed by atoms with Crippen molar-refractivity contribution in [1.82, 2.24) is 19.7 Å². The molecular formula is C14H9N5. The third-order valence-corrected chi connectivity index (χ3v) is 2.65. The summed E-state index contributed by atoms with van der Waals surface area (Å²) in [6.07, 6.45) is 7.03. The van der Waals surface area contributed by atoms with Gasteiger partial charge in [-0.1, -0.05) is 6.07 Å². The summed E-state index contributed by atoms with van der Waals surface area (Å²) in [7, 11) is 0. The van der Waals surface area contributed by atoms with E-state index in [9.17, 15) is 0 Å². The van der Waals surface area contributed by atoms with Gasteiger partial charge in [-0.25, -0.2) is 9.67 Å². The van der Waals surface area contributed by atoms with Gasteiger partial charge >= 0.3 is 0 Å². The van der Waals surface area contributed by atoms with E-state index in [2.05, 4.69) is 15.1 Å². The summed E-state index contributed by atoms with van der Waals surface area (Å²) in [6, 6.07) is 11.1. The van der Waals surface area contributed by atoms with Gasteiger partial charge in [0.25, 0.3) is 0 Å². The molecule has 0 atom stereocenters. The minimum atomic E-state index is 0.395. The lowest BCUT2D eigenvalue weighted by Gasteiger charge is -1.99. The predicted octanol–water partition coefficient (Wildman–Crippen LogP) is 2.20. The van der Waals surface area contributed by atoms with Gasteiger partial charge in [0.15, 0.2) is 0 Å². The summed E-state index contributed by atoms with van der Waals surface area (Å²) in [5.41, 5.74) is 2.87. The van der Waals surface area contributed by atoms with Gasteiger partial charge in [-0.2, -0.15) is 10.4 Å². The van der Waals surface area contributed by atoms with Crippen molar-refractivity contribution in [2.75, 3.05) is 0 Å². The van der Waals surface area contributed by atoms with Crippen LogP contribution < -0.4 is 0 Å². The molecule has 0 saturated carbocycles. The van der Waals surface area contributed by atoms with Crippen LogP contribution in [0.5, 0.6) is 0 Å². The largest absolute Gasteiger partial charge is 0.262 e. The molecule has 0 unspecified atom stereocenters. The summed E-state index contributed by atoms with van der Waals surface area (Å²) < 4.78 is 1.73. The Kier molecular flexibility index (Phi) is 2.75. The fourth-order valence-electron chi connectivity index (χ4n) is 1.74. The number of nitriles is 1. The zero-order valence-electron chi connectivity index (χ0n) is 9.93. The molecule has 3 heterocycles. The minimum absolute atomic E-state index is 0.395. The molecule has 3 rings (SSSR count). The molecule has 0 spiro atoms. The number of pyridine rings is 2. The van der Waals surface area contributed by atoms with Gasteiger partial charge in [0.2, 0.25) is 0 Å². The van der Waals surface area contributed by atoms with Gasteiger partial charge < -0.3 is 0 Å². The average molecular weight is 247 g/mol. The van der Waals surface area contributed by atoms with Gasteiger partial charge in [0, 0.05) is 18.0 Å². The molecule has 5 nitrogen and oxygen atoms in total. The molecule has 19 heavy (non-hydrogen) atoms. The lowest BCUT2D eigenvalue weighted by molar-refractivity contribution is 0.874. The Morgan fingerprint density at radius 3 is 2.84 bits per heavy atom. The van der Waals surface area contributed by atoms with Crippen molar-refractivity contribution >= 4 is 0 Å². The SMILES string of the molecule is N#Cc1cccc(-c2cnn(-c3cccnc3)c2)n1. The second-order valence-corrected chi connectivity index (χ2v) is 3.90. The van der Waals surface area contributed by atoms with Crippen molar-refractivity contribution in [2.45, 2.75) is 0 Å². The van der Waals surface area contributed by atoms with Crippen LogP contribution in [0.25, 0.3) is 16.9 Å². The zero-order valence-corrected chi connectivity index (χ0v) is 9.93. The minimum Gasteiger partial charge on any atom is -0.262 e. The molecule has 0 fully saturated rings. The van der Waals surface area contributed by atoms with Gasteiger partial charge in [-0.3, -0.25) is 4.98 Å². The maximum absolute atomic E-state index is 8.85. The van der Waals surface area contributed by atoms with Crippen LogP contribution in [0.2, 0.25) is 0 Å². The quantitative estimate of drug-likeness (QED) is 0.696. The van der Waals surface area contributed by atoms with Crippen LogP contribution in [-0.4, -0.2) is 19.7 Å². The Hall–Kier alpha value is -3.00. The molecule has 0 aliphatic carbocycles. The molecule has 0 saturated heterocycles. The molecule has 0 N–H and O–H groups in total.